The first-order valence-corrected chi connectivity index (χ1v) is 21.7. The maximum atomic E-state index is 13.1. The zero-order chi connectivity index (χ0) is 35.7. The van der Waals surface area contributed by atoms with Crippen molar-refractivity contribution in [2.75, 3.05) is 0 Å². The van der Waals surface area contributed by atoms with E-state index >= 15 is 0 Å². The zero-order valence-corrected chi connectivity index (χ0v) is 33.8. The fourth-order valence-corrected chi connectivity index (χ4v) is 11.9. The Kier molecular flexibility index (Phi) is 15.2. The number of carboxylic acid groups (broad SMARTS) is 1. The first-order chi connectivity index (χ1) is 23.4. The fourth-order valence-electron chi connectivity index (χ4n) is 11.9. The molecule has 0 bridgehead atoms. The fraction of sp³-hybridized carbons (Fsp3) is 0.851. The van der Waals surface area contributed by atoms with Gasteiger partial charge in [-0.2, -0.15) is 0 Å². The van der Waals surface area contributed by atoms with Crippen molar-refractivity contribution in [3.63, 3.8) is 0 Å². The summed E-state index contributed by atoms with van der Waals surface area (Å²) in [5.74, 6) is 2.92. The van der Waals surface area contributed by atoms with E-state index < -0.39 is 5.97 Å². The molecule has 4 aliphatic rings. The van der Waals surface area contributed by atoms with Gasteiger partial charge in [0.1, 0.15) is 0 Å². The molecule has 2 fully saturated rings. The lowest BCUT2D eigenvalue weighted by Gasteiger charge is -2.61. The summed E-state index contributed by atoms with van der Waals surface area (Å²) in [5, 5.41) is 10.8. The van der Waals surface area contributed by atoms with Gasteiger partial charge in [-0.1, -0.05) is 149 Å². The minimum absolute atomic E-state index is 0.0658. The molecule has 0 saturated heterocycles. The van der Waals surface area contributed by atoms with Crippen molar-refractivity contribution in [1.29, 1.82) is 0 Å². The maximum absolute atomic E-state index is 13.1. The molecule has 49 heavy (non-hydrogen) atoms. The highest BCUT2D eigenvalue weighted by Gasteiger charge is 2.62. The Bertz CT molecular complexity index is 1130. The number of unbranched alkanes of at least 4 members (excludes halogenated alkanes) is 10. The van der Waals surface area contributed by atoms with Crippen LogP contribution in [0.15, 0.2) is 35.5 Å². The number of allylic oxidation sites excluding steroid dienone is 6. The molecular weight excluding hydrogens is 597 g/mol. The molecule has 0 aromatic rings. The summed E-state index contributed by atoms with van der Waals surface area (Å²) >= 11 is 0. The Labute approximate surface area is 304 Å². The van der Waals surface area contributed by atoms with Gasteiger partial charge >= 0.3 is 5.97 Å². The van der Waals surface area contributed by atoms with Crippen LogP contribution in [0.25, 0.3) is 0 Å². The van der Waals surface area contributed by atoms with Crippen molar-refractivity contribution in [3.05, 3.63) is 35.5 Å². The molecule has 4 rings (SSSR count). The number of fused-ring (bicyclic) bond motifs is 4. The van der Waals surface area contributed by atoms with E-state index in [9.17, 15) is 9.90 Å². The maximum Gasteiger partial charge on any atom is 0.306 e. The SMILES string of the molecule is CCCCCCCC/C=C\CCCCCCC(C(=O)O)C1CCCC2CCC3=C(CC[C@]4(C)[C@@H]([C@H](C)/C=C/[C@H](C)C(C)C)CC[C@@]34C)[C@]21C. The molecule has 4 aliphatic carbocycles. The van der Waals surface area contributed by atoms with Gasteiger partial charge in [0.2, 0.25) is 0 Å². The summed E-state index contributed by atoms with van der Waals surface area (Å²) in [6.45, 7) is 19.7. The van der Waals surface area contributed by atoms with Crippen molar-refractivity contribution >= 4 is 5.97 Å². The summed E-state index contributed by atoms with van der Waals surface area (Å²) in [7, 11) is 0. The third kappa shape index (κ3) is 9.02. The van der Waals surface area contributed by atoms with E-state index in [0.717, 1.165) is 25.2 Å². The zero-order valence-electron chi connectivity index (χ0n) is 33.8. The van der Waals surface area contributed by atoms with Gasteiger partial charge in [0.05, 0.1) is 5.92 Å². The van der Waals surface area contributed by atoms with Crippen LogP contribution in [0.4, 0.5) is 0 Å². The van der Waals surface area contributed by atoms with E-state index in [1.165, 1.54) is 122 Å². The predicted octanol–water partition coefficient (Wildman–Crippen LogP) is 14.5. The highest BCUT2D eigenvalue weighted by atomic mass is 16.4. The van der Waals surface area contributed by atoms with Crippen LogP contribution in [0.3, 0.4) is 0 Å². The average molecular weight is 677 g/mol. The predicted molar refractivity (Wildman–Crippen MR) is 212 cm³/mol. The second kappa shape index (κ2) is 18.4. The summed E-state index contributed by atoms with van der Waals surface area (Å²) in [4.78, 5) is 13.1. The van der Waals surface area contributed by atoms with Crippen LogP contribution in [0.1, 0.15) is 197 Å². The van der Waals surface area contributed by atoms with Crippen LogP contribution in [-0.4, -0.2) is 11.1 Å². The van der Waals surface area contributed by atoms with Crippen LogP contribution in [0.5, 0.6) is 0 Å². The molecule has 2 heteroatoms. The van der Waals surface area contributed by atoms with Gasteiger partial charge in [-0.05, 0) is 135 Å². The minimum Gasteiger partial charge on any atom is -0.481 e. The standard InChI is InChI=1S/C47H80O2/c1-9-10-11-12-13-14-15-16-17-18-19-20-21-22-25-39(44(48)49)41-26-23-24-38-29-30-42-43(47(38,41)8)32-34-45(6)40(31-33-46(42,45)7)37(5)28-27-36(4)35(2)3/h16-17,27-28,35-41H,9-15,18-26,29-34H2,1-8H3,(H,48,49)/b17-16-,28-27+/t36-,37+,38?,39?,40+,41?,45+,46-,47+/m0/s1. The second-order valence-electron chi connectivity index (χ2n) is 18.7. The third-order valence-electron chi connectivity index (χ3n) is 15.8. The molecule has 2 nitrogen and oxygen atoms in total. The number of carbonyl (C=O) groups is 1. The summed E-state index contributed by atoms with van der Waals surface area (Å²) < 4.78 is 0. The highest BCUT2D eigenvalue weighted by molar-refractivity contribution is 5.70. The number of carboxylic acids is 1. The van der Waals surface area contributed by atoms with E-state index in [0.29, 0.717) is 35.0 Å². The molecule has 0 aromatic carbocycles. The molecule has 0 spiro atoms. The van der Waals surface area contributed by atoms with Crippen molar-refractivity contribution in [2.45, 2.75) is 197 Å². The molecule has 280 valence electrons. The lowest BCUT2D eigenvalue weighted by molar-refractivity contribution is -0.148. The van der Waals surface area contributed by atoms with Crippen LogP contribution < -0.4 is 0 Å². The summed E-state index contributed by atoms with van der Waals surface area (Å²) in [6.07, 6.45) is 37.4. The molecule has 2 saturated carbocycles. The van der Waals surface area contributed by atoms with E-state index in [1.807, 2.05) is 0 Å². The van der Waals surface area contributed by atoms with Crippen LogP contribution in [-0.2, 0) is 4.79 Å². The van der Waals surface area contributed by atoms with Crippen molar-refractivity contribution in [2.24, 2.45) is 57.7 Å². The molecule has 0 aromatic heterocycles. The van der Waals surface area contributed by atoms with Gasteiger partial charge in [0, 0.05) is 0 Å². The smallest absolute Gasteiger partial charge is 0.306 e. The lowest BCUT2D eigenvalue weighted by Crippen LogP contribution is -2.52. The normalized spacial score (nSPS) is 33.5. The van der Waals surface area contributed by atoms with E-state index in [4.69, 9.17) is 0 Å². The molecule has 0 heterocycles. The van der Waals surface area contributed by atoms with Gasteiger partial charge in [-0.15, -0.1) is 0 Å². The Morgan fingerprint density at radius 1 is 0.755 bits per heavy atom. The van der Waals surface area contributed by atoms with Gasteiger partial charge in [0.15, 0.2) is 0 Å². The number of rotatable bonds is 20. The monoisotopic (exact) mass is 677 g/mol. The average Bonchev–Trinajstić information content (AvgIpc) is 3.35. The Hall–Kier alpha value is -1.31. The van der Waals surface area contributed by atoms with E-state index in [2.05, 4.69) is 79.7 Å². The molecule has 0 radical (unpaired) electrons. The molecular formula is C47H80O2. The number of aliphatic carboxylic acids is 1. The number of hydrogen-bond acceptors (Lipinski definition) is 1. The number of hydrogen-bond donors (Lipinski definition) is 1. The van der Waals surface area contributed by atoms with Crippen molar-refractivity contribution < 1.29 is 9.90 Å². The minimum atomic E-state index is -0.513. The van der Waals surface area contributed by atoms with Gasteiger partial charge < -0.3 is 5.11 Å². The molecule has 9 atom stereocenters. The quantitative estimate of drug-likeness (QED) is 0.103. The third-order valence-corrected chi connectivity index (χ3v) is 15.8. The second-order valence-corrected chi connectivity index (χ2v) is 18.7. The van der Waals surface area contributed by atoms with Crippen LogP contribution in [0.2, 0.25) is 0 Å². The van der Waals surface area contributed by atoms with Crippen molar-refractivity contribution in [1.82, 2.24) is 0 Å². The van der Waals surface area contributed by atoms with Crippen LogP contribution >= 0.6 is 0 Å². The Morgan fingerprint density at radius 3 is 2.06 bits per heavy atom. The topological polar surface area (TPSA) is 37.3 Å². The summed E-state index contributed by atoms with van der Waals surface area (Å²) in [5.41, 5.74) is 4.21. The first kappa shape index (κ1) is 40.5. The largest absolute Gasteiger partial charge is 0.481 e. The molecule has 0 amide bonds. The first-order valence-electron chi connectivity index (χ1n) is 21.7. The molecule has 0 aliphatic heterocycles. The molecule has 1 N–H and O–H groups in total. The van der Waals surface area contributed by atoms with Gasteiger partial charge in [-0.25, -0.2) is 0 Å². The van der Waals surface area contributed by atoms with Crippen molar-refractivity contribution in [3.8, 4) is 0 Å². The van der Waals surface area contributed by atoms with Crippen LogP contribution in [0, 0.1) is 57.7 Å². The Balaban J connectivity index is 1.38. The van der Waals surface area contributed by atoms with Gasteiger partial charge in [0.25, 0.3) is 0 Å². The van der Waals surface area contributed by atoms with Gasteiger partial charge in [-0.3, -0.25) is 4.79 Å². The Morgan fingerprint density at radius 2 is 1.41 bits per heavy atom. The summed E-state index contributed by atoms with van der Waals surface area (Å²) in [6, 6.07) is 0. The van der Waals surface area contributed by atoms with E-state index in [-0.39, 0.29) is 16.7 Å². The highest BCUT2D eigenvalue weighted by Crippen LogP contribution is 2.72. The lowest BCUT2D eigenvalue weighted by atomic mass is 9.43. The molecule has 3 unspecified atom stereocenters. The van der Waals surface area contributed by atoms with E-state index in [1.54, 1.807) is 11.1 Å².